The van der Waals surface area contributed by atoms with Crippen LogP contribution in [0.5, 0.6) is 0 Å². The Morgan fingerprint density at radius 3 is 2.67 bits per heavy atom. The van der Waals surface area contributed by atoms with Crippen LogP contribution in [0, 0.1) is 5.41 Å². The van der Waals surface area contributed by atoms with E-state index in [9.17, 15) is 9.90 Å². The predicted octanol–water partition coefficient (Wildman–Crippen LogP) is 3.71. The first kappa shape index (κ1) is 15.8. The lowest BCUT2D eigenvalue weighted by Gasteiger charge is -2.28. The van der Waals surface area contributed by atoms with Gasteiger partial charge < -0.3 is 5.11 Å². The molecule has 0 aliphatic carbocycles. The van der Waals surface area contributed by atoms with Crippen LogP contribution in [0.4, 0.5) is 0 Å². The average Bonchev–Trinajstić information content (AvgIpc) is 2.47. The van der Waals surface area contributed by atoms with E-state index in [-0.39, 0.29) is 0 Å². The van der Waals surface area contributed by atoms with Crippen molar-refractivity contribution in [3.05, 3.63) is 47.5 Å². The number of aliphatic carboxylic acids is 1. The van der Waals surface area contributed by atoms with E-state index >= 15 is 0 Å². The molecule has 1 aliphatic heterocycles. The highest BCUT2D eigenvalue weighted by Gasteiger charge is 2.27. The lowest BCUT2D eigenvalue weighted by Crippen LogP contribution is -2.30. The molecule has 0 spiro atoms. The highest BCUT2D eigenvalue weighted by atomic mass is 16.4. The molecule has 3 heteroatoms. The van der Waals surface area contributed by atoms with E-state index in [2.05, 4.69) is 35.2 Å². The number of carbonyl (C=O) groups is 1. The van der Waals surface area contributed by atoms with Crippen molar-refractivity contribution in [3.8, 4) is 0 Å². The molecule has 1 N–H and O–H groups in total. The monoisotopic (exact) mass is 287 g/mol. The third kappa shape index (κ3) is 4.71. The molecular formula is C18H25NO2. The quantitative estimate of drug-likeness (QED) is 0.811. The Kier molecular flexibility index (Phi) is 5.18. The first-order valence-electron chi connectivity index (χ1n) is 7.65. The second kappa shape index (κ2) is 6.90. The van der Waals surface area contributed by atoms with Gasteiger partial charge in [0.15, 0.2) is 0 Å². The van der Waals surface area contributed by atoms with Crippen LogP contribution < -0.4 is 0 Å². The fraction of sp³-hybridized carbons (Fsp3) is 0.500. The number of carboxylic acid groups (broad SMARTS) is 1. The molecule has 114 valence electrons. The highest BCUT2D eigenvalue weighted by Crippen LogP contribution is 2.26. The van der Waals surface area contributed by atoms with Gasteiger partial charge in [0.25, 0.3) is 0 Å². The third-order valence-electron chi connectivity index (χ3n) is 4.20. The van der Waals surface area contributed by atoms with Crippen molar-refractivity contribution in [2.24, 2.45) is 5.41 Å². The lowest BCUT2D eigenvalue weighted by molar-refractivity contribution is -0.147. The van der Waals surface area contributed by atoms with Crippen LogP contribution in [0.2, 0.25) is 0 Å². The highest BCUT2D eigenvalue weighted by molar-refractivity contribution is 5.73. The predicted molar refractivity (Wildman–Crippen MR) is 85.1 cm³/mol. The van der Waals surface area contributed by atoms with Gasteiger partial charge >= 0.3 is 5.97 Å². The van der Waals surface area contributed by atoms with Gasteiger partial charge in [0, 0.05) is 19.6 Å². The van der Waals surface area contributed by atoms with Gasteiger partial charge in [0.1, 0.15) is 0 Å². The average molecular weight is 287 g/mol. The largest absolute Gasteiger partial charge is 0.481 e. The van der Waals surface area contributed by atoms with Crippen LogP contribution in [-0.2, 0) is 11.3 Å². The summed E-state index contributed by atoms with van der Waals surface area (Å²) >= 11 is 0. The minimum Gasteiger partial charge on any atom is -0.481 e. The van der Waals surface area contributed by atoms with Crippen molar-refractivity contribution in [3.63, 3.8) is 0 Å². The Morgan fingerprint density at radius 2 is 2.00 bits per heavy atom. The SMILES string of the molecule is CC(C)(CCC1=CCCN(Cc2ccccc2)C1)C(=O)O. The lowest BCUT2D eigenvalue weighted by atomic mass is 9.85. The van der Waals surface area contributed by atoms with E-state index < -0.39 is 11.4 Å². The van der Waals surface area contributed by atoms with E-state index in [0.29, 0.717) is 6.42 Å². The van der Waals surface area contributed by atoms with E-state index in [1.54, 1.807) is 13.8 Å². The smallest absolute Gasteiger partial charge is 0.309 e. The van der Waals surface area contributed by atoms with Crippen LogP contribution >= 0.6 is 0 Å². The molecule has 0 amide bonds. The maximum Gasteiger partial charge on any atom is 0.309 e. The van der Waals surface area contributed by atoms with Crippen molar-refractivity contribution in [2.75, 3.05) is 13.1 Å². The number of carboxylic acids is 1. The maximum atomic E-state index is 11.2. The Hall–Kier alpha value is -1.61. The molecular weight excluding hydrogens is 262 g/mol. The van der Waals surface area contributed by atoms with Crippen molar-refractivity contribution in [1.29, 1.82) is 0 Å². The summed E-state index contributed by atoms with van der Waals surface area (Å²) in [6.07, 6.45) is 4.94. The first-order valence-corrected chi connectivity index (χ1v) is 7.65. The summed E-state index contributed by atoms with van der Waals surface area (Å²) < 4.78 is 0. The van der Waals surface area contributed by atoms with Crippen molar-refractivity contribution in [1.82, 2.24) is 4.90 Å². The molecule has 1 aromatic carbocycles. The first-order chi connectivity index (χ1) is 9.97. The summed E-state index contributed by atoms with van der Waals surface area (Å²) in [5, 5.41) is 9.19. The Labute approximate surface area is 127 Å². The van der Waals surface area contributed by atoms with E-state index in [1.165, 1.54) is 11.1 Å². The van der Waals surface area contributed by atoms with Crippen LogP contribution in [0.25, 0.3) is 0 Å². The van der Waals surface area contributed by atoms with Gasteiger partial charge in [-0.3, -0.25) is 9.69 Å². The summed E-state index contributed by atoms with van der Waals surface area (Å²) in [7, 11) is 0. The summed E-state index contributed by atoms with van der Waals surface area (Å²) in [4.78, 5) is 13.6. The molecule has 3 nitrogen and oxygen atoms in total. The van der Waals surface area contributed by atoms with Crippen molar-refractivity contribution < 1.29 is 9.90 Å². The summed E-state index contributed by atoms with van der Waals surface area (Å²) in [6, 6.07) is 10.5. The summed E-state index contributed by atoms with van der Waals surface area (Å²) in [5.41, 5.74) is 2.08. The van der Waals surface area contributed by atoms with Gasteiger partial charge in [0.2, 0.25) is 0 Å². The van der Waals surface area contributed by atoms with Gasteiger partial charge in [-0.25, -0.2) is 0 Å². The molecule has 0 saturated heterocycles. The Balaban J connectivity index is 1.86. The number of rotatable bonds is 6. The minimum absolute atomic E-state index is 0.636. The van der Waals surface area contributed by atoms with Crippen LogP contribution in [0.1, 0.15) is 38.7 Å². The molecule has 1 heterocycles. The maximum absolute atomic E-state index is 11.2. The Morgan fingerprint density at radius 1 is 1.29 bits per heavy atom. The molecule has 1 aliphatic rings. The zero-order valence-corrected chi connectivity index (χ0v) is 13.0. The fourth-order valence-electron chi connectivity index (χ4n) is 2.62. The number of hydrogen-bond donors (Lipinski definition) is 1. The molecule has 0 aromatic heterocycles. The van der Waals surface area contributed by atoms with Gasteiger partial charge in [-0.1, -0.05) is 42.0 Å². The third-order valence-corrected chi connectivity index (χ3v) is 4.20. The van der Waals surface area contributed by atoms with Crippen molar-refractivity contribution >= 4 is 5.97 Å². The number of benzene rings is 1. The molecule has 0 unspecified atom stereocenters. The topological polar surface area (TPSA) is 40.5 Å². The Bertz CT molecular complexity index is 505. The number of nitrogens with zero attached hydrogens (tertiary/aromatic N) is 1. The molecule has 0 radical (unpaired) electrons. The standard InChI is InChI=1S/C18H25NO2/c1-18(2,17(20)21)11-10-16-9-6-12-19(14-16)13-15-7-4-3-5-8-15/h3-5,7-9H,6,10-14H2,1-2H3,(H,20,21). The molecule has 0 fully saturated rings. The fourth-order valence-corrected chi connectivity index (χ4v) is 2.62. The summed E-state index contributed by atoms with van der Waals surface area (Å²) in [6.45, 7) is 6.63. The van der Waals surface area contributed by atoms with E-state index in [4.69, 9.17) is 0 Å². The minimum atomic E-state index is -0.708. The van der Waals surface area contributed by atoms with Gasteiger partial charge in [-0.05, 0) is 38.7 Å². The van der Waals surface area contributed by atoms with Crippen LogP contribution in [0.15, 0.2) is 42.0 Å². The second-order valence-corrected chi connectivity index (χ2v) is 6.54. The summed E-state index contributed by atoms with van der Waals surface area (Å²) in [5.74, 6) is -0.708. The molecule has 0 atom stereocenters. The second-order valence-electron chi connectivity index (χ2n) is 6.54. The van der Waals surface area contributed by atoms with Gasteiger partial charge in [-0.15, -0.1) is 0 Å². The normalized spacial score (nSPS) is 16.6. The van der Waals surface area contributed by atoms with Crippen molar-refractivity contribution in [2.45, 2.75) is 39.7 Å². The molecule has 0 bridgehead atoms. The molecule has 1 aromatic rings. The molecule has 2 rings (SSSR count). The van der Waals surface area contributed by atoms with Gasteiger partial charge in [0.05, 0.1) is 5.41 Å². The van der Waals surface area contributed by atoms with Crippen LogP contribution in [-0.4, -0.2) is 29.1 Å². The van der Waals surface area contributed by atoms with Gasteiger partial charge in [-0.2, -0.15) is 0 Å². The van der Waals surface area contributed by atoms with E-state index in [1.807, 2.05) is 6.07 Å². The molecule has 0 saturated carbocycles. The number of hydrogen-bond acceptors (Lipinski definition) is 2. The zero-order chi connectivity index (χ0) is 15.3. The zero-order valence-electron chi connectivity index (χ0n) is 13.0. The van der Waals surface area contributed by atoms with Crippen LogP contribution in [0.3, 0.4) is 0 Å². The molecule has 21 heavy (non-hydrogen) atoms. The van der Waals surface area contributed by atoms with E-state index in [0.717, 1.165) is 32.5 Å².